The molecule has 0 fully saturated rings. The van der Waals surface area contributed by atoms with E-state index in [-0.39, 0.29) is 25.3 Å². The Bertz CT molecular complexity index is 1060. The molecule has 0 aromatic heterocycles. The number of carbonyl (C=O) groups is 3. The second-order valence-corrected chi connectivity index (χ2v) is 9.66. The molecule has 11 heteroatoms. The normalized spacial score (nSPS) is 11.7. The molecule has 2 aromatic rings. The number of hydrogen-bond acceptors (Lipinski definition) is 7. The van der Waals surface area contributed by atoms with Gasteiger partial charge in [-0.25, -0.2) is 13.2 Å². The molecule has 3 amide bonds. The molecule has 0 radical (unpaired) electrons. The van der Waals surface area contributed by atoms with E-state index < -0.39 is 33.8 Å². The second kappa shape index (κ2) is 13.2. The van der Waals surface area contributed by atoms with Gasteiger partial charge in [-0.05, 0) is 43.2 Å². The number of hydrogen-bond donors (Lipinski definition) is 3. The Kier molecular flexibility index (Phi) is 10.3. The molecule has 2 rings (SSSR count). The first-order valence-electron chi connectivity index (χ1n) is 10.6. The van der Waals surface area contributed by atoms with E-state index in [1.807, 2.05) is 13.0 Å². The molecule has 2 aromatic carbocycles. The van der Waals surface area contributed by atoms with Crippen LogP contribution >= 0.6 is 0 Å². The van der Waals surface area contributed by atoms with Crippen molar-refractivity contribution in [2.24, 2.45) is 0 Å². The van der Waals surface area contributed by atoms with Crippen LogP contribution in [0.15, 0.2) is 54.6 Å². The quantitative estimate of drug-likeness (QED) is 0.412. The number of nitrogens with one attached hydrogen (secondary N) is 3. The fraction of sp³-hybridized carbons (Fsp3) is 0.348. The van der Waals surface area contributed by atoms with Crippen LogP contribution in [0.5, 0.6) is 5.75 Å². The van der Waals surface area contributed by atoms with Crippen LogP contribution in [-0.2, 0) is 30.8 Å². The summed E-state index contributed by atoms with van der Waals surface area (Å²) in [5, 5.41) is 7.40. The van der Waals surface area contributed by atoms with Gasteiger partial charge in [0.05, 0.1) is 18.9 Å². The zero-order valence-electron chi connectivity index (χ0n) is 19.1. The average Bonchev–Trinajstić information content (AvgIpc) is 2.80. The summed E-state index contributed by atoms with van der Waals surface area (Å²) in [6.45, 7) is 1.99. The number of alkyl carbamates (subject to hydrolysis) is 1. The average molecular weight is 492 g/mol. The summed E-state index contributed by atoms with van der Waals surface area (Å²) in [6, 6.07) is 14.4. The lowest BCUT2D eigenvalue weighted by Crippen LogP contribution is -2.49. The van der Waals surface area contributed by atoms with Crippen LogP contribution in [0.1, 0.15) is 18.9 Å². The van der Waals surface area contributed by atoms with Crippen molar-refractivity contribution in [3.8, 4) is 5.75 Å². The standard InChI is InChI=1S/C23H29N3O7S/c1-3-32-19-11-9-18(10-12-19)25-21(27)15-24-22(28)20(13-14-34(2,30)31)26-23(29)33-16-17-7-5-4-6-8-17/h4-12,20H,3,13-16H2,1-2H3,(H,24,28)(H,25,27)(H,26,29). The fourth-order valence-electron chi connectivity index (χ4n) is 2.80. The minimum absolute atomic E-state index is 0.0163. The van der Waals surface area contributed by atoms with E-state index in [0.29, 0.717) is 18.0 Å². The first-order chi connectivity index (χ1) is 16.2. The Balaban J connectivity index is 1.89. The van der Waals surface area contributed by atoms with Gasteiger partial charge in [-0.2, -0.15) is 0 Å². The first kappa shape index (κ1) is 26.7. The third kappa shape index (κ3) is 10.3. The van der Waals surface area contributed by atoms with Crippen LogP contribution in [0.25, 0.3) is 0 Å². The SMILES string of the molecule is CCOc1ccc(NC(=O)CNC(=O)C(CCS(C)(=O)=O)NC(=O)OCc2ccccc2)cc1. The molecule has 184 valence electrons. The predicted molar refractivity (Wildman–Crippen MR) is 127 cm³/mol. The van der Waals surface area contributed by atoms with Crippen LogP contribution < -0.4 is 20.7 Å². The summed E-state index contributed by atoms with van der Waals surface area (Å²) in [6.07, 6.45) is -0.0256. The Morgan fingerprint density at radius 1 is 1.00 bits per heavy atom. The van der Waals surface area contributed by atoms with Gasteiger partial charge in [0.1, 0.15) is 28.2 Å². The molecule has 0 heterocycles. The highest BCUT2D eigenvalue weighted by atomic mass is 32.2. The zero-order valence-corrected chi connectivity index (χ0v) is 19.9. The van der Waals surface area contributed by atoms with E-state index >= 15 is 0 Å². The number of ether oxygens (including phenoxy) is 2. The topological polar surface area (TPSA) is 140 Å². The van der Waals surface area contributed by atoms with Gasteiger partial charge < -0.3 is 25.4 Å². The molecule has 0 saturated carbocycles. The third-order valence-electron chi connectivity index (χ3n) is 4.47. The summed E-state index contributed by atoms with van der Waals surface area (Å²) in [7, 11) is -3.39. The summed E-state index contributed by atoms with van der Waals surface area (Å²) >= 11 is 0. The van der Waals surface area contributed by atoms with Crippen molar-refractivity contribution in [1.82, 2.24) is 10.6 Å². The molecular formula is C23H29N3O7S. The fourth-order valence-corrected chi connectivity index (χ4v) is 3.47. The molecule has 10 nitrogen and oxygen atoms in total. The van der Waals surface area contributed by atoms with Gasteiger partial charge in [0.25, 0.3) is 0 Å². The monoisotopic (exact) mass is 491 g/mol. The van der Waals surface area contributed by atoms with Crippen molar-refractivity contribution in [1.29, 1.82) is 0 Å². The minimum atomic E-state index is -3.39. The molecule has 34 heavy (non-hydrogen) atoms. The molecule has 0 aliphatic carbocycles. The van der Waals surface area contributed by atoms with Crippen molar-refractivity contribution in [2.75, 3.05) is 30.5 Å². The molecule has 1 atom stereocenters. The Morgan fingerprint density at radius 2 is 1.68 bits per heavy atom. The van der Waals surface area contributed by atoms with Gasteiger partial charge in [-0.1, -0.05) is 30.3 Å². The van der Waals surface area contributed by atoms with E-state index in [0.717, 1.165) is 11.8 Å². The van der Waals surface area contributed by atoms with E-state index in [9.17, 15) is 22.8 Å². The lowest BCUT2D eigenvalue weighted by atomic mass is 10.2. The van der Waals surface area contributed by atoms with Crippen molar-refractivity contribution >= 4 is 33.4 Å². The summed E-state index contributed by atoms with van der Waals surface area (Å²) in [4.78, 5) is 36.9. The van der Waals surface area contributed by atoms with E-state index in [1.54, 1.807) is 48.5 Å². The summed E-state index contributed by atoms with van der Waals surface area (Å²) < 4.78 is 33.5. The van der Waals surface area contributed by atoms with Gasteiger partial charge in [-0.15, -0.1) is 0 Å². The van der Waals surface area contributed by atoms with Crippen molar-refractivity contribution in [3.63, 3.8) is 0 Å². The highest BCUT2D eigenvalue weighted by Crippen LogP contribution is 2.15. The number of carbonyl (C=O) groups excluding carboxylic acids is 3. The largest absolute Gasteiger partial charge is 0.494 e. The number of anilines is 1. The zero-order chi connectivity index (χ0) is 25.0. The molecule has 1 unspecified atom stereocenters. The molecule has 0 spiro atoms. The maximum atomic E-state index is 12.6. The molecule has 0 aliphatic rings. The van der Waals surface area contributed by atoms with Crippen LogP contribution in [0.4, 0.5) is 10.5 Å². The van der Waals surface area contributed by atoms with Crippen molar-refractivity contribution in [2.45, 2.75) is 26.0 Å². The van der Waals surface area contributed by atoms with Crippen LogP contribution in [-0.4, -0.2) is 57.5 Å². The van der Waals surface area contributed by atoms with Crippen molar-refractivity contribution in [3.05, 3.63) is 60.2 Å². The molecule has 0 saturated heterocycles. The smallest absolute Gasteiger partial charge is 0.408 e. The predicted octanol–water partition coefficient (Wildman–Crippen LogP) is 1.87. The van der Waals surface area contributed by atoms with E-state index in [1.165, 1.54) is 0 Å². The maximum absolute atomic E-state index is 12.6. The number of benzene rings is 2. The van der Waals surface area contributed by atoms with Gasteiger partial charge in [0.15, 0.2) is 0 Å². The molecule has 0 bridgehead atoms. The van der Waals surface area contributed by atoms with Crippen LogP contribution in [0.3, 0.4) is 0 Å². The van der Waals surface area contributed by atoms with Gasteiger partial charge in [-0.3, -0.25) is 9.59 Å². The highest BCUT2D eigenvalue weighted by molar-refractivity contribution is 7.90. The van der Waals surface area contributed by atoms with E-state index in [2.05, 4.69) is 16.0 Å². The van der Waals surface area contributed by atoms with Gasteiger partial charge >= 0.3 is 6.09 Å². The Hall–Kier alpha value is -3.60. The first-order valence-corrected chi connectivity index (χ1v) is 12.7. The summed E-state index contributed by atoms with van der Waals surface area (Å²) in [5.74, 6) is -0.872. The van der Waals surface area contributed by atoms with Crippen molar-refractivity contribution < 1.29 is 32.3 Å². The maximum Gasteiger partial charge on any atom is 0.408 e. The number of sulfone groups is 1. The van der Waals surface area contributed by atoms with Crippen LogP contribution in [0, 0.1) is 0 Å². The molecular weight excluding hydrogens is 462 g/mol. The van der Waals surface area contributed by atoms with Crippen LogP contribution in [0.2, 0.25) is 0 Å². The Labute approximate surface area is 198 Å². The second-order valence-electron chi connectivity index (χ2n) is 7.40. The molecule has 3 N–H and O–H groups in total. The number of rotatable bonds is 12. The summed E-state index contributed by atoms with van der Waals surface area (Å²) in [5.41, 5.74) is 1.26. The number of amides is 3. The van der Waals surface area contributed by atoms with Gasteiger partial charge in [0.2, 0.25) is 11.8 Å². The molecule has 0 aliphatic heterocycles. The van der Waals surface area contributed by atoms with E-state index in [4.69, 9.17) is 9.47 Å². The minimum Gasteiger partial charge on any atom is -0.494 e. The lowest BCUT2D eigenvalue weighted by molar-refractivity contribution is -0.125. The van der Waals surface area contributed by atoms with Gasteiger partial charge in [0, 0.05) is 11.9 Å². The third-order valence-corrected chi connectivity index (χ3v) is 5.45. The lowest BCUT2D eigenvalue weighted by Gasteiger charge is -2.18. The Morgan fingerprint density at radius 3 is 2.29 bits per heavy atom. The highest BCUT2D eigenvalue weighted by Gasteiger charge is 2.23.